The number of benzene rings is 3. The molecule has 1 N–H and O–H groups in total. The van der Waals surface area contributed by atoms with Gasteiger partial charge in [0.25, 0.3) is 0 Å². The summed E-state index contributed by atoms with van der Waals surface area (Å²) in [5.41, 5.74) is 2.82. The van der Waals surface area contributed by atoms with E-state index in [0.717, 1.165) is 16.8 Å². The van der Waals surface area contributed by atoms with Crippen molar-refractivity contribution < 1.29 is 9.47 Å². The van der Waals surface area contributed by atoms with Gasteiger partial charge in [0, 0.05) is 32.9 Å². The molecule has 0 aliphatic carbocycles. The minimum atomic E-state index is 0.265. The smallest absolute Gasteiger partial charge is 0.161 e. The van der Waals surface area contributed by atoms with Crippen LogP contribution in [0.5, 0.6) is 11.5 Å². The van der Waals surface area contributed by atoms with Crippen molar-refractivity contribution in [3.05, 3.63) is 86.9 Å². The van der Waals surface area contributed by atoms with Gasteiger partial charge in [0.2, 0.25) is 0 Å². The van der Waals surface area contributed by atoms with Crippen molar-refractivity contribution in [3.63, 3.8) is 0 Å². The fourth-order valence-corrected chi connectivity index (χ4v) is 3.27. The number of anilines is 1. The van der Waals surface area contributed by atoms with Crippen molar-refractivity contribution in [3.8, 4) is 11.5 Å². The Balaban J connectivity index is 1.70. The maximum atomic E-state index is 6.22. The van der Waals surface area contributed by atoms with Crippen LogP contribution in [0.4, 0.5) is 5.69 Å². The van der Waals surface area contributed by atoms with Gasteiger partial charge >= 0.3 is 0 Å². The van der Waals surface area contributed by atoms with Crippen LogP contribution in [0.3, 0.4) is 0 Å². The zero-order chi connectivity index (χ0) is 19.9. The molecule has 3 nitrogen and oxygen atoms in total. The van der Waals surface area contributed by atoms with Crippen LogP contribution >= 0.6 is 34.8 Å². The lowest BCUT2D eigenvalue weighted by Crippen LogP contribution is -2.03. The summed E-state index contributed by atoms with van der Waals surface area (Å²) in [6, 6.07) is 18.8. The molecule has 0 saturated heterocycles. The van der Waals surface area contributed by atoms with Crippen LogP contribution in [0.15, 0.2) is 60.7 Å². The third-order valence-electron chi connectivity index (χ3n) is 4.08. The average Bonchev–Trinajstić information content (AvgIpc) is 2.68. The molecular formula is C22H20Cl3NO2. The van der Waals surface area contributed by atoms with Crippen LogP contribution in [0, 0.1) is 0 Å². The highest BCUT2D eigenvalue weighted by molar-refractivity contribution is 6.35. The number of nitrogens with one attached hydrogen (secondary N) is 1. The molecule has 0 spiro atoms. The van der Waals surface area contributed by atoms with E-state index in [-0.39, 0.29) is 6.61 Å². The standard InChI is InChI=1S/C22H20Cl3NO2/c1-2-27-22-12-15(13-26-17-9-7-16(23)8-10-17)6-11-21(22)28-14-18-19(24)4-3-5-20(18)25/h3-12,26H,2,13-14H2,1H3. The Labute approximate surface area is 180 Å². The van der Waals surface area contributed by atoms with Crippen LogP contribution in [-0.4, -0.2) is 6.61 Å². The molecule has 0 aromatic heterocycles. The molecule has 0 heterocycles. The van der Waals surface area contributed by atoms with Crippen LogP contribution in [0.2, 0.25) is 15.1 Å². The summed E-state index contributed by atoms with van der Waals surface area (Å²) in [7, 11) is 0. The van der Waals surface area contributed by atoms with E-state index in [1.54, 1.807) is 12.1 Å². The quantitative estimate of drug-likeness (QED) is 0.404. The van der Waals surface area contributed by atoms with E-state index < -0.39 is 0 Å². The predicted octanol–water partition coefficient (Wildman–Crippen LogP) is 7.24. The van der Waals surface area contributed by atoms with Crippen molar-refractivity contribution in [1.82, 2.24) is 0 Å². The third kappa shape index (κ3) is 5.48. The van der Waals surface area contributed by atoms with E-state index in [0.29, 0.717) is 39.7 Å². The lowest BCUT2D eigenvalue weighted by atomic mass is 10.2. The van der Waals surface area contributed by atoms with Gasteiger partial charge in [-0.3, -0.25) is 0 Å². The molecule has 0 saturated carbocycles. The van der Waals surface area contributed by atoms with Gasteiger partial charge in [-0.15, -0.1) is 0 Å². The monoisotopic (exact) mass is 435 g/mol. The summed E-state index contributed by atoms with van der Waals surface area (Å²) in [4.78, 5) is 0. The van der Waals surface area contributed by atoms with Crippen molar-refractivity contribution in [2.75, 3.05) is 11.9 Å². The molecule has 146 valence electrons. The van der Waals surface area contributed by atoms with Gasteiger partial charge in [-0.1, -0.05) is 46.9 Å². The molecule has 0 fully saturated rings. The lowest BCUT2D eigenvalue weighted by molar-refractivity contribution is 0.269. The van der Waals surface area contributed by atoms with Gasteiger partial charge in [-0.2, -0.15) is 0 Å². The number of rotatable bonds is 8. The van der Waals surface area contributed by atoms with Gasteiger partial charge in [-0.05, 0) is 61.0 Å². The van der Waals surface area contributed by atoms with Gasteiger partial charge in [0.1, 0.15) is 6.61 Å². The minimum absolute atomic E-state index is 0.265. The van der Waals surface area contributed by atoms with E-state index in [9.17, 15) is 0 Å². The van der Waals surface area contributed by atoms with Crippen molar-refractivity contribution >= 4 is 40.5 Å². The fraction of sp³-hybridized carbons (Fsp3) is 0.182. The van der Waals surface area contributed by atoms with Gasteiger partial charge in [0.15, 0.2) is 11.5 Å². The molecular weight excluding hydrogens is 417 g/mol. The molecule has 0 aliphatic rings. The Hall–Kier alpha value is -2.07. The first kappa shape index (κ1) is 20.7. The second-order valence-corrected chi connectivity index (χ2v) is 7.31. The molecule has 3 aromatic rings. The second kappa shape index (κ2) is 9.92. The first-order chi connectivity index (χ1) is 13.6. The molecule has 3 aromatic carbocycles. The summed E-state index contributed by atoms with van der Waals surface area (Å²) < 4.78 is 11.7. The molecule has 28 heavy (non-hydrogen) atoms. The SMILES string of the molecule is CCOc1cc(CNc2ccc(Cl)cc2)ccc1OCc1c(Cl)cccc1Cl. The maximum Gasteiger partial charge on any atom is 0.161 e. The second-order valence-electron chi connectivity index (χ2n) is 6.06. The van der Waals surface area contributed by atoms with Crippen molar-refractivity contribution in [2.24, 2.45) is 0 Å². The van der Waals surface area contributed by atoms with Crippen LogP contribution < -0.4 is 14.8 Å². The molecule has 6 heteroatoms. The zero-order valence-corrected chi connectivity index (χ0v) is 17.6. The number of ether oxygens (including phenoxy) is 2. The molecule has 0 radical (unpaired) electrons. The molecule has 0 unspecified atom stereocenters. The van der Waals surface area contributed by atoms with Crippen LogP contribution in [0.25, 0.3) is 0 Å². The Bertz CT molecular complexity index is 909. The Kier molecular flexibility index (Phi) is 7.32. The van der Waals surface area contributed by atoms with E-state index in [4.69, 9.17) is 44.3 Å². The summed E-state index contributed by atoms with van der Waals surface area (Å²) in [6.45, 7) is 3.39. The van der Waals surface area contributed by atoms with Crippen LogP contribution in [0.1, 0.15) is 18.1 Å². The zero-order valence-electron chi connectivity index (χ0n) is 15.3. The largest absolute Gasteiger partial charge is 0.490 e. The summed E-state index contributed by atoms with van der Waals surface area (Å²) in [5, 5.41) is 5.23. The summed E-state index contributed by atoms with van der Waals surface area (Å²) in [5.74, 6) is 1.33. The van der Waals surface area contributed by atoms with E-state index in [1.807, 2.05) is 55.5 Å². The van der Waals surface area contributed by atoms with Crippen molar-refractivity contribution in [2.45, 2.75) is 20.1 Å². The normalized spacial score (nSPS) is 10.6. The van der Waals surface area contributed by atoms with Crippen LogP contribution in [-0.2, 0) is 13.2 Å². The Morgan fingerprint density at radius 2 is 1.54 bits per heavy atom. The van der Waals surface area contributed by atoms with Crippen molar-refractivity contribution in [1.29, 1.82) is 0 Å². The Morgan fingerprint density at radius 3 is 2.21 bits per heavy atom. The van der Waals surface area contributed by atoms with Gasteiger partial charge in [-0.25, -0.2) is 0 Å². The average molecular weight is 437 g/mol. The number of halogens is 3. The topological polar surface area (TPSA) is 30.5 Å². The highest BCUT2D eigenvalue weighted by atomic mass is 35.5. The first-order valence-electron chi connectivity index (χ1n) is 8.87. The van der Waals surface area contributed by atoms with Gasteiger partial charge < -0.3 is 14.8 Å². The molecule has 0 aliphatic heterocycles. The third-order valence-corrected chi connectivity index (χ3v) is 5.04. The minimum Gasteiger partial charge on any atom is -0.490 e. The Morgan fingerprint density at radius 1 is 0.821 bits per heavy atom. The maximum absolute atomic E-state index is 6.22. The van der Waals surface area contributed by atoms with Gasteiger partial charge in [0.05, 0.1) is 6.61 Å². The summed E-state index contributed by atoms with van der Waals surface area (Å²) >= 11 is 18.4. The molecule has 0 atom stereocenters. The summed E-state index contributed by atoms with van der Waals surface area (Å²) in [6.07, 6.45) is 0. The molecule has 0 bridgehead atoms. The lowest BCUT2D eigenvalue weighted by Gasteiger charge is -2.15. The first-order valence-corrected chi connectivity index (χ1v) is 10.0. The molecule has 3 rings (SSSR count). The van der Waals surface area contributed by atoms with E-state index in [2.05, 4.69) is 5.32 Å². The van der Waals surface area contributed by atoms with E-state index >= 15 is 0 Å². The highest BCUT2D eigenvalue weighted by Crippen LogP contribution is 2.32. The van der Waals surface area contributed by atoms with E-state index in [1.165, 1.54) is 0 Å². The number of hydrogen-bond donors (Lipinski definition) is 1. The fourth-order valence-electron chi connectivity index (χ4n) is 2.64. The molecule has 0 amide bonds. The highest BCUT2D eigenvalue weighted by Gasteiger charge is 2.10. The predicted molar refractivity (Wildman–Crippen MR) is 117 cm³/mol. The number of hydrogen-bond acceptors (Lipinski definition) is 3.